The molecule has 0 radical (unpaired) electrons. The number of methoxy groups -OCH3 is 1. The molecule has 7 nitrogen and oxygen atoms in total. The number of hydrogen-bond acceptors (Lipinski definition) is 5. The van der Waals surface area contributed by atoms with Crippen molar-refractivity contribution in [2.75, 3.05) is 25.1 Å². The van der Waals surface area contributed by atoms with Crippen LogP contribution in [0.25, 0.3) is 0 Å². The number of hydrogen-bond donors (Lipinski definition) is 1. The van der Waals surface area contributed by atoms with E-state index in [0.717, 1.165) is 11.1 Å². The third kappa shape index (κ3) is 4.23. The lowest BCUT2D eigenvalue weighted by atomic mass is 9.86. The fourth-order valence-electron chi connectivity index (χ4n) is 3.36. The van der Waals surface area contributed by atoms with Gasteiger partial charge in [0.2, 0.25) is 5.91 Å². The van der Waals surface area contributed by atoms with E-state index in [1.807, 2.05) is 44.2 Å². The van der Waals surface area contributed by atoms with Crippen LogP contribution in [-0.4, -0.2) is 38.2 Å². The second-order valence-electron chi connectivity index (χ2n) is 7.29. The van der Waals surface area contributed by atoms with Gasteiger partial charge in [-0.2, -0.15) is 0 Å². The van der Waals surface area contributed by atoms with Gasteiger partial charge in [-0.15, -0.1) is 0 Å². The molecule has 0 bridgehead atoms. The Kier molecular flexibility index (Phi) is 5.87. The molecule has 3 rings (SSSR count). The maximum Gasteiger partial charge on any atom is 0.407 e. The molecule has 0 aromatic heterocycles. The number of carbonyl (C=O) groups excluding carboxylic acids is 3. The van der Waals surface area contributed by atoms with Crippen molar-refractivity contribution >= 4 is 23.7 Å². The van der Waals surface area contributed by atoms with Crippen molar-refractivity contribution < 1.29 is 23.9 Å². The van der Waals surface area contributed by atoms with Gasteiger partial charge in [-0.1, -0.05) is 36.4 Å². The zero-order valence-electron chi connectivity index (χ0n) is 16.7. The molecule has 0 unspecified atom stereocenters. The summed E-state index contributed by atoms with van der Waals surface area (Å²) >= 11 is 0. The molecular formula is C22H24N2O5. The molecule has 1 aliphatic rings. The first kappa shape index (κ1) is 20.4. The maximum atomic E-state index is 12.9. The van der Waals surface area contributed by atoms with Crippen LogP contribution in [0, 0.1) is 0 Å². The second-order valence-corrected chi connectivity index (χ2v) is 7.29. The van der Waals surface area contributed by atoms with Crippen LogP contribution in [0.5, 0.6) is 0 Å². The van der Waals surface area contributed by atoms with Crippen LogP contribution in [0.3, 0.4) is 0 Å². The molecule has 0 fully saturated rings. The van der Waals surface area contributed by atoms with E-state index in [-0.39, 0.29) is 25.6 Å². The Morgan fingerprint density at radius 1 is 1.10 bits per heavy atom. The molecule has 0 atom stereocenters. The van der Waals surface area contributed by atoms with E-state index in [1.165, 1.54) is 7.11 Å². The van der Waals surface area contributed by atoms with Crippen LogP contribution in [0.15, 0.2) is 48.5 Å². The molecule has 1 N–H and O–H groups in total. The van der Waals surface area contributed by atoms with Gasteiger partial charge in [0.25, 0.3) is 0 Å². The number of nitrogens with one attached hydrogen (secondary N) is 1. The molecule has 0 aliphatic carbocycles. The quantitative estimate of drug-likeness (QED) is 0.759. The van der Waals surface area contributed by atoms with Crippen molar-refractivity contribution in [2.24, 2.45) is 0 Å². The van der Waals surface area contributed by atoms with Crippen LogP contribution >= 0.6 is 0 Å². The highest BCUT2D eigenvalue weighted by molar-refractivity contribution is 6.08. The van der Waals surface area contributed by atoms with E-state index >= 15 is 0 Å². The average Bonchev–Trinajstić information content (AvgIpc) is 2.92. The Bertz CT molecular complexity index is 924. The van der Waals surface area contributed by atoms with Crippen LogP contribution in [0.4, 0.5) is 10.5 Å². The molecule has 7 heteroatoms. The Hall–Kier alpha value is -3.35. The van der Waals surface area contributed by atoms with Crippen molar-refractivity contribution in [2.45, 2.75) is 25.9 Å². The standard InChI is InChI=1S/C22H24N2O5/c1-22(2)17-10-9-16(19(25)28-3)13-18(17)24(20(22)26)12-11-23-21(27)29-14-15-7-5-4-6-8-15/h4-10,13H,11-12,14H2,1-3H3,(H,23,27). The Morgan fingerprint density at radius 2 is 1.83 bits per heavy atom. The Morgan fingerprint density at radius 3 is 2.52 bits per heavy atom. The predicted octanol–water partition coefficient (Wildman–Crippen LogP) is 3.02. The summed E-state index contributed by atoms with van der Waals surface area (Å²) in [7, 11) is 1.31. The van der Waals surface area contributed by atoms with Crippen molar-refractivity contribution in [3.05, 3.63) is 65.2 Å². The molecule has 2 aromatic carbocycles. The van der Waals surface area contributed by atoms with Crippen molar-refractivity contribution in [1.29, 1.82) is 0 Å². The number of benzene rings is 2. The fourth-order valence-corrected chi connectivity index (χ4v) is 3.36. The van der Waals surface area contributed by atoms with Crippen LogP contribution in [0.1, 0.15) is 35.3 Å². The lowest BCUT2D eigenvalue weighted by molar-refractivity contribution is -0.122. The average molecular weight is 396 g/mol. The topological polar surface area (TPSA) is 84.9 Å². The Labute approximate surface area is 169 Å². The summed E-state index contributed by atoms with van der Waals surface area (Å²) in [6.07, 6.45) is -0.553. The number of carbonyl (C=O) groups is 3. The molecular weight excluding hydrogens is 372 g/mol. The number of fused-ring (bicyclic) bond motifs is 1. The van der Waals surface area contributed by atoms with Gasteiger partial charge in [-0.05, 0) is 37.1 Å². The highest BCUT2D eigenvalue weighted by Gasteiger charge is 2.43. The number of alkyl carbamates (subject to hydrolysis) is 1. The zero-order chi connectivity index (χ0) is 21.0. The van der Waals surface area contributed by atoms with Gasteiger partial charge in [-0.3, -0.25) is 4.79 Å². The number of nitrogens with zero attached hydrogens (tertiary/aromatic N) is 1. The third-order valence-electron chi connectivity index (χ3n) is 4.98. The molecule has 0 saturated carbocycles. The first-order valence-corrected chi connectivity index (χ1v) is 9.34. The van der Waals surface area contributed by atoms with Gasteiger partial charge in [0.1, 0.15) is 6.61 Å². The van der Waals surface area contributed by atoms with Crippen molar-refractivity contribution in [3.63, 3.8) is 0 Å². The highest BCUT2D eigenvalue weighted by Crippen LogP contribution is 2.41. The summed E-state index contributed by atoms with van der Waals surface area (Å²) in [4.78, 5) is 38.3. The lowest BCUT2D eigenvalue weighted by Gasteiger charge is -2.20. The second kappa shape index (κ2) is 8.34. The van der Waals surface area contributed by atoms with Gasteiger partial charge in [-0.25, -0.2) is 9.59 Å². The van der Waals surface area contributed by atoms with Crippen LogP contribution in [0.2, 0.25) is 0 Å². The van der Waals surface area contributed by atoms with Gasteiger partial charge in [0.05, 0.1) is 18.1 Å². The summed E-state index contributed by atoms with van der Waals surface area (Å²) in [5.41, 5.74) is 2.04. The van der Waals surface area contributed by atoms with E-state index in [2.05, 4.69) is 5.32 Å². The first-order valence-electron chi connectivity index (χ1n) is 9.34. The molecule has 2 aromatic rings. The van der Waals surface area contributed by atoms with Crippen molar-refractivity contribution in [1.82, 2.24) is 5.32 Å². The van der Waals surface area contributed by atoms with Gasteiger partial charge in [0, 0.05) is 18.8 Å². The predicted molar refractivity (Wildman–Crippen MR) is 108 cm³/mol. The molecule has 1 aliphatic heterocycles. The molecule has 1 heterocycles. The lowest BCUT2D eigenvalue weighted by Crippen LogP contribution is -2.41. The van der Waals surface area contributed by atoms with Gasteiger partial charge < -0.3 is 19.7 Å². The summed E-state index contributed by atoms with van der Waals surface area (Å²) in [5.74, 6) is -0.554. The molecule has 152 valence electrons. The van der Waals surface area contributed by atoms with E-state index in [9.17, 15) is 14.4 Å². The number of rotatable bonds is 6. The Balaban J connectivity index is 1.63. The highest BCUT2D eigenvalue weighted by atomic mass is 16.5. The molecule has 0 saturated heterocycles. The van der Waals surface area contributed by atoms with Crippen molar-refractivity contribution in [3.8, 4) is 0 Å². The zero-order valence-corrected chi connectivity index (χ0v) is 16.7. The van der Waals surface area contributed by atoms with E-state index < -0.39 is 17.5 Å². The van der Waals surface area contributed by atoms with E-state index in [0.29, 0.717) is 11.3 Å². The minimum atomic E-state index is -0.711. The molecule has 2 amide bonds. The fraction of sp³-hybridized carbons (Fsp3) is 0.318. The summed E-state index contributed by atoms with van der Waals surface area (Å²) in [6, 6.07) is 14.5. The largest absolute Gasteiger partial charge is 0.465 e. The van der Waals surface area contributed by atoms with Gasteiger partial charge in [0.15, 0.2) is 0 Å². The SMILES string of the molecule is COC(=O)c1ccc2c(c1)N(CCNC(=O)OCc1ccccc1)C(=O)C2(C)C. The number of esters is 1. The monoisotopic (exact) mass is 396 g/mol. The normalized spacial score (nSPS) is 14.3. The number of ether oxygens (including phenoxy) is 2. The third-order valence-corrected chi connectivity index (χ3v) is 4.98. The maximum absolute atomic E-state index is 12.9. The van der Waals surface area contributed by atoms with E-state index in [4.69, 9.17) is 9.47 Å². The summed E-state index contributed by atoms with van der Waals surface area (Å²) < 4.78 is 9.95. The number of anilines is 1. The molecule has 0 spiro atoms. The summed E-state index contributed by atoms with van der Waals surface area (Å²) in [6.45, 7) is 4.34. The number of amides is 2. The van der Waals surface area contributed by atoms with Crippen LogP contribution < -0.4 is 10.2 Å². The van der Waals surface area contributed by atoms with E-state index in [1.54, 1.807) is 23.1 Å². The minimum absolute atomic E-state index is 0.0889. The minimum Gasteiger partial charge on any atom is -0.465 e. The smallest absolute Gasteiger partial charge is 0.407 e. The molecule has 29 heavy (non-hydrogen) atoms. The first-order chi connectivity index (χ1) is 13.8. The van der Waals surface area contributed by atoms with Gasteiger partial charge >= 0.3 is 12.1 Å². The van der Waals surface area contributed by atoms with Crippen LogP contribution in [-0.2, 0) is 26.3 Å². The summed E-state index contributed by atoms with van der Waals surface area (Å²) in [5, 5.41) is 2.66.